The lowest BCUT2D eigenvalue weighted by molar-refractivity contribution is -0.127. The molecule has 0 unspecified atom stereocenters. The van der Waals surface area contributed by atoms with Gasteiger partial charge in [0.25, 0.3) is 0 Å². The molecule has 1 aromatic rings. The molecule has 1 amide bonds. The number of carbonyl (C=O) groups is 1. The number of nitrogens with one attached hydrogen (secondary N) is 2. The van der Waals surface area contributed by atoms with E-state index in [1.165, 1.54) is 0 Å². The lowest BCUT2D eigenvalue weighted by Gasteiger charge is -2.36. The van der Waals surface area contributed by atoms with Gasteiger partial charge in [-0.3, -0.25) is 4.79 Å². The van der Waals surface area contributed by atoms with Crippen LogP contribution >= 0.6 is 0 Å². The van der Waals surface area contributed by atoms with Gasteiger partial charge in [0.05, 0.1) is 5.41 Å². The SMILES string of the molecule is CCCC1(C(=O)Nc2cccc(O)c2)CCNCC1. The van der Waals surface area contributed by atoms with Crippen molar-refractivity contribution in [3.63, 3.8) is 0 Å². The molecule has 3 N–H and O–H groups in total. The molecule has 2 rings (SSSR count). The molecule has 0 radical (unpaired) electrons. The van der Waals surface area contributed by atoms with Crippen LogP contribution in [-0.2, 0) is 4.79 Å². The molecule has 19 heavy (non-hydrogen) atoms. The summed E-state index contributed by atoms with van der Waals surface area (Å²) >= 11 is 0. The normalized spacial score (nSPS) is 17.9. The first-order chi connectivity index (χ1) is 9.16. The smallest absolute Gasteiger partial charge is 0.230 e. The van der Waals surface area contributed by atoms with Crippen molar-refractivity contribution in [2.24, 2.45) is 5.41 Å². The van der Waals surface area contributed by atoms with Gasteiger partial charge in [0, 0.05) is 11.8 Å². The van der Waals surface area contributed by atoms with Crippen molar-refractivity contribution in [1.82, 2.24) is 5.32 Å². The number of aromatic hydroxyl groups is 1. The quantitative estimate of drug-likeness (QED) is 0.781. The van der Waals surface area contributed by atoms with Gasteiger partial charge >= 0.3 is 0 Å². The lowest BCUT2D eigenvalue weighted by Crippen LogP contribution is -2.44. The number of carbonyl (C=O) groups excluding carboxylic acids is 1. The van der Waals surface area contributed by atoms with Gasteiger partial charge in [0.1, 0.15) is 5.75 Å². The van der Waals surface area contributed by atoms with Crippen LogP contribution in [-0.4, -0.2) is 24.1 Å². The first kappa shape index (κ1) is 13.9. The van der Waals surface area contributed by atoms with Crippen LogP contribution in [0.3, 0.4) is 0 Å². The summed E-state index contributed by atoms with van der Waals surface area (Å²) in [6.07, 6.45) is 3.68. The fourth-order valence-electron chi connectivity index (χ4n) is 2.82. The summed E-state index contributed by atoms with van der Waals surface area (Å²) in [5, 5.41) is 15.7. The maximum Gasteiger partial charge on any atom is 0.230 e. The summed E-state index contributed by atoms with van der Waals surface area (Å²) in [5.41, 5.74) is 0.407. The van der Waals surface area contributed by atoms with Crippen molar-refractivity contribution in [3.05, 3.63) is 24.3 Å². The first-order valence-corrected chi connectivity index (χ1v) is 6.97. The highest BCUT2D eigenvalue weighted by Crippen LogP contribution is 2.35. The van der Waals surface area contributed by atoms with Crippen LogP contribution in [0.2, 0.25) is 0 Å². The van der Waals surface area contributed by atoms with Crippen molar-refractivity contribution >= 4 is 11.6 Å². The Kier molecular flexibility index (Phi) is 4.43. The Morgan fingerprint density at radius 2 is 2.16 bits per heavy atom. The molecule has 1 fully saturated rings. The number of hydrogen-bond donors (Lipinski definition) is 3. The van der Waals surface area contributed by atoms with Crippen molar-refractivity contribution < 1.29 is 9.90 Å². The topological polar surface area (TPSA) is 61.4 Å². The van der Waals surface area contributed by atoms with E-state index in [4.69, 9.17) is 0 Å². The molecule has 4 nitrogen and oxygen atoms in total. The first-order valence-electron chi connectivity index (χ1n) is 6.97. The van der Waals surface area contributed by atoms with E-state index in [-0.39, 0.29) is 17.1 Å². The molecule has 0 spiro atoms. The van der Waals surface area contributed by atoms with Gasteiger partial charge in [-0.25, -0.2) is 0 Å². The zero-order valence-electron chi connectivity index (χ0n) is 11.4. The molecule has 1 aliphatic heterocycles. The number of piperidine rings is 1. The summed E-state index contributed by atoms with van der Waals surface area (Å²) in [6.45, 7) is 3.91. The zero-order valence-corrected chi connectivity index (χ0v) is 11.4. The van der Waals surface area contributed by atoms with Crippen molar-refractivity contribution in [1.29, 1.82) is 0 Å². The Morgan fingerprint density at radius 3 is 2.79 bits per heavy atom. The zero-order chi connectivity index (χ0) is 13.7. The van der Waals surface area contributed by atoms with Crippen LogP contribution in [0, 0.1) is 5.41 Å². The van der Waals surface area contributed by atoms with Gasteiger partial charge in [0.2, 0.25) is 5.91 Å². The van der Waals surface area contributed by atoms with Crippen LogP contribution in [0.5, 0.6) is 5.75 Å². The Balaban J connectivity index is 2.11. The molecule has 104 valence electrons. The summed E-state index contributed by atoms with van der Waals surface area (Å²) in [7, 11) is 0. The van der Waals surface area contributed by atoms with Gasteiger partial charge in [-0.2, -0.15) is 0 Å². The number of benzene rings is 1. The minimum Gasteiger partial charge on any atom is -0.508 e. The third-order valence-electron chi connectivity index (χ3n) is 3.87. The molecule has 4 heteroatoms. The second-order valence-electron chi connectivity index (χ2n) is 5.28. The van der Waals surface area contributed by atoms with Crippen molar-refractivity contribution in [2.75, 3.05) is 18.4 Å². The highest BCUT2D eigenvalue weighted by atomic mass is 16.3. The van der Waals surface area contributed by atoms with Gasteiger partial charge in [-0.05, 0) is 44.5 Å². The lowest BCUT2D eigenvalue weighted by atomic mass is 9.74. The third kappa shape index (κ3) is 3.26. The van der Waals surface area contributed by atoms with Crippen LogP contribution in [0.15, 0.2) is 24.3 Å². The van der Waals surface area contributed by atoms with Gasteiger partial charge in [-0.1, -0.05) is 19.4 Å². The molecule has 0 aliphatic carbocycles. The van der Waals surface area contributed by atoms with Gasteiger partial charge in [0.15, 0.2) is 0 Å². The Labute approximate surface area is 114 Å². The average molecular weight is 262 g/mol. The molecule has 0 saturated carbocycles. The van der Waals surface area contributed by atoms with Gasteiger partial charge < -0.3 is 15.7 Å². The minimum atomic E-state index is -0.258. The van der Waals surface area contributed by atoms with E-state index in [0.29, 0.717) is 5.69 Å². The molecule has 1 aromatic carbocycles. The van der Waals surface area contributed by atoms with Crippen LogP contribution in [0.1, 0.15) is 32.6 Å². The summed E-state index contributed by atoms with van der Waals surface area (Å²) in [6, 6.07) is 6.72. The van der Waals surface area contributed by atoms with E-state index in [1.54, 1.807) is 24.3 Å². The number of rotatable bonds is 4. The van der Waals surface area contributed by atoms with Crippen LogP contribution < -0.4 is 10.6 Å². The average Bonchev–Trinajstić information content (AvgIpc) is 2.40. The fraction of sp³-hybridized carbons (Fsp3) is 0.533. The van der Waals surface area contributed by atoms with E-state index in [2.05, 4.69) is 17.6 Å². The Bertz CT molecular complexity index is 434. The van der Waals surface area contributed by atoms with Gasteiger partial charge in [-0.15, -0.1) is 0 Å². The molecule has 0 aromatic heterocycles. The number of amides is 1. The number of hydrogen-bond acceptors (Lipinski definition) is 3. The Hall–Kier alpha value is -1.55. The third-order valence-corrected chi connectivity index (χ3v) is 3.87. The maximum atomic E-state index is 12.6. The van der Waals surface area contributed by atoms with Crippen molar-refractivity contribution in [2.45, 2.75) is 32.6 Å². The van der Waals surface area contributed by atoms with E-state index in [1.807, 2.05) is 0 Å². The summed E-state index contributed by atoms with van der Waals surface area (Å²) in [4.78, 5) is 12.6. The van der Waals surface area contributed by atoms with Crippen molar-refractivity contribution in [3.8, 4) is 5.75 Å². The number of anilines is 1. The number of phenols is 1. The van der Waals surface area contributed by atoms with Crippen LogP contribution in [0.25, 0.3) is 0 Å². The fourth-order valence-corrected chi connectivity index (χ4v) is 2.82. The van der Waals surface area contributed by atoms with E-state index >= 15 is 0 Å². The minimum absolute atomic E-state index is 0.0847. The highest BCUT2D eigenvalue weighted by molar-refractivity contribution is 5.95. The van der Waals surface area contributed by atoms with Crippen LogP contribution in [0.4, 0.5) is 5.69 Å². The summed E-state index contributed by atoms with van der Waals surface area (Å²) in [5.74, 6) is 0.258. The van der Waals surface area contributed by atoms with E-state index in [9.17, 15) is 9.90 Å². The molecule has 0 bridgehead atoms. The highest BCUT2D eigenvalue weighted by Gasteiger charge is 2.38. The largest absolute Gasteiger partial charge is 0.508 e. The molecule has 0 atom stereocenters. The predicted octanol–water partition coefficient (Wildman–Crippen LogP) is 2.50. The molecule has 1 saturated heterocycles. The second kappa shape index (κ2) is 6.06. The summed E-state index contributed by atoms with van der Waals surface area (Å²) < 4.78 is 0. The predicted molar refractivity (Wildman–Crippen MR) is 76.2 cm³/mol. The molecular weight excluding hydrogens is 240 g/mol. The monoisotopic (exact) mass is 262 g/mol. The van der Waals surface area contributed by atoms with E-state index < -0.39 is 0 Å². The Morgan fingerprint density at radius 1 is 1.42 bits per heavy atom. The molecular formula is C15H22N2O2. The standard InChI is InChI=1S/C15H22N2O2/c1-2-6-15(7-9-16-10-8-15)14(19)17-12-4-3-5-13(18)11-12/h3-5,11,16,18H,2,6-10H2,1H3,(H,17,19). The second-order valence-corrected chi connectivity index (χ2v) is 5.28. The maximum absolute atomic E-state index is 12.6. The molecule has 1 heterocycles. The molecule has 1 aliphatic rings. The number of phenolic OH excluding ortho intramolecular Hbond substituents is 1. The van der Waals surface area contributed by atoms with E-state index in [0.717, 1.165) is 38.8 Å².